The SMILES string of the molecule is CCCC[C@H](O)[C@H](O)CCCCCCCCO. The average molecular weight is 246 g/mol. The number of hydrogen-bond donors (Lipinski definition) is 3. The second kappa shape index (κ2) is 12.3. The Balaban J connectivity index is 3.28. The summed E-state index contributed by atoms with van der Waals surface area (Å²) in [5, 5.41) is 28.0. The van der Waals surface area contributed by atoms with E-state index in [2.05, 4.69) is 6.92 Å². The molecule has 0 heterocycles. The van der Waals surface area contributed by atoms with Crippen molar-refractivity contribution in [3.8, 4) is 0 Å². The quantitative estimate of drug-likeness (QED) is 0.464. The fourth-order valence-electron chi connectivity index (χ4n) is 1.97. The molecule has 0 amide bonds. The highest BCUT2D eigenvalue weighted by molar-refractivity contribution is 4.67. The van der Waals surface area contributed by atoms with Gasteiger partial charge in [-0.25, -0.2) is 0 Å². The highest BCUT2D eigenvalue weighted by Gasteiger charge is 2.14. The maximum atomic E-state index is 9.70. The monoisotopic (exact) mass is 246 g/mol. The molecule has 0 fully saturated rings. The van der Waals surface area contributed by atoms with Gasteiger partial charge in [0.25, 0.3) is 0 Å². The molecule has 0 unspecified atom stereocenters. The molecule has 17 heavy (non-hydrogen) atoms. The lowest BCUT2D eigenvalue weighted by molar-refractivity contribution is 0.00737. The summed E-state index contributed by atoms with van der Waals surface area (Å²) >= 11 is 0. The molecule has 0 bridgehead atoms. The van der Waals surface area contributed by atoms with Crippen molar-refractivity contribution >= 4 is 0 Å². The van der Waals surface area contributed by atoms with Gasteiger partial charge in [-0.15, -0.1) is 0 Å². The molecule has 2 atom stereocenters. The van der Waals surface area contributed by atoms with Crippen LogP contribution in [-0.4, -0.2) is 34.1 Å². The number of aliphatic hydroxyl groups is 3. The van der Waals surface area contributed by atoms with E-state index in [1.165, 1.54) is 0 Å². The Hall–Kier alpha value is -0.120. The molecule has 0 spiro atoms. The Kier molecular flexibility index (Phi) is 12.3. The van der Waals surface area contributed by atoms with Crippen LogP contribution < -0.4 is 0 Å². The zero-order chi connectivity index (χ0) is 12.9. The zero-order valence-electron chi connectivity index (χ0n) is 11.3. The maximum absolute atomic E-state index is 9.70. The van der Waals surface area contributed by atoms with E-state index < -0.39 is 12.2 Å². The van der Waals surface area contributed by atoms with Crippen LogP contribution in [0, 0.1) is 0 Å². The molecular formula is C14H30O3. The average Bonchev–Trinajstić information content (AvgIpc) is 2.34. The minimum Gasteiger partial charge on any atom is -0.396 e. The van der Waals surface area contributed by atoms with Crippen LogP contribution in [-0.2, 0) is 0 Å². The van der Waals surface area contributed by atoms with Crippen LogP contribution in [0.15, 0.2) is 0 Å². The van der Waals surface area contributed by atoms with E-state index in [4.69, 9.17) is 5.11 Å². The highest BCUT2D eigenvalue weighted by atomic mass is 16.3. The van der Waals surface area contributed by atoms with Gasteiger partial charge in [0, 0.05) is 6.61 Å². The fraction of sp³-hybridized carbons (Fsp3) is 1.00. The van der Waals surface area contributed by atoms with Gasteiger partial charge in [-0.05, 0) is 19.3 Å². The summed E-state index contributed by atoms with van der Waals surface area (Å²) in [6.07, 6.45) is 8.83. The Labute approximate surface area is 106 Å². The highest BCUT2D eigenvalue weighted by Crippen LogP contribution is 2.13. The summed E-state index contributed by atoms with van der Waals surface area (Å²) in [5.74, 6) is 0. The van der Waals surface area contributed by atoms with Gasteiger partial charge in [0.1, 0.15) is 0 Å². The van der Waals surface area contributed by atoms with Gasteiger partial charge < -0.3 is 15.3 Å². The smallest absolute Gasteiger partial charge is 0.0799 e. The first-order valence-corrected chi connectivity index (χ1v) is 7.19. The van der Waals surface area contributed by atoms with Crippen molar-refractivity contribution in [2.24, 2.45) is 0 Å². The van der Waals surface area contributed by atoms with E-state index in [1.54, 1.807) is 0 Å². The third kappa shape index (κ3) is 10.7. The summed E-state index contributed by atoms with van der Waals surface area (Å²) in [6.45, 7) is 2.38. The van der Waals surface area contributed by atoms with Crippen molar-refractivity contribution < 1.29 is 15.3 Å². The normalized spacial score (nSPS) is 14.8. The molecular weight excluding hydrogens is 216 g/mol. The van der Waals surface area contributed by atoms with Crippen LogP contribution in [0.3, 0.4) is 0 Å². The zero-order valence-corrected chi connectivity index (χ0v) is 11.3. The van der Waals surface area contributed by atoms with E-state index in [9.17, 15) is 10.2 Å². The lowest BCUT2D eigenvalue weighted by Crippen LogP contribution is -2.25. The second-order valence-electron chi connectivity index (χ2n) is 4.91. The molecule has 3 heteroatoms. The van der Waals surface area contributed by atoms with Gasteiger partial charge in [0.05, 0.1) is 12.2 Å². The van der Waals surface area contributed by atoms with Crippen LogP contribution >= 0.6 is 0 Å². The molecule has 3 nitrogen and oxygen atoms in total. The van der Waals surface area contributed by atoms with Crippen LogP contribution in [0.25, 0.3) is 0 Å². The van der Waals surface area contributed by atoms with Crippen LogP contribution in [0.5, 0.6) is 0 Å². The lowest BCUT2D eigenvalue weighted by atomic mass is 10.0. The first-order chi connectivity index (χ1) is 8.22. The minimum absolute atomic E-state index is 0.294. The van der Waals surface area contributed by atoms with E-state index in [0.29, 0.717) is 19.4 Å². The number of aliphatic hydroxyl groups excluding tert-OH is 3. The molecule has 0 rings (SSSR count). The van der Waals surface area contributed by atoms with Gasteiger partial charge in [-0.1, -0.05) is 51.9 Å². The lowest BCUT2D eigenvalue weighted by Gasteiger charge is -2.17. The molecule has 0 radical (unpaired) electrons. The molecule has 0 aromatic rings. The van der Waals surface area contributed by atoms with Crippen LogP contribution in [0.4, 0.5) is 0 Å². The van der Waals surface area contributed by atoms with Crippen molar-refractivity contribution in [2.75, 3.05) is 6.61 Å². The van der Waals surface area contributed by atoms with Crippen LogP contribution in [0.1, 0.15) is 71.1 Å². The van der Waals surface area contributed by atoms with Crippen molar-refractivity contribution in [3.05, 3.63) is 0 Å². The maximum Gasteiger partial charge on any atom is 0.0799 e. The van der Waals surface area contributed by atoms with E-state index in [0.717, 1.165) is 51.4 Å². The molecule has 0 saturated carbocycles. The second-order valence-corrected chi connectivity index (χ2v) is 4.91. The molecule has 0 saturated heterocycles. The summed E-state index contributed by atoms with van der Waals surface area (Å²) in [5.41, 5.74) is 0. The topological polar surface area (TPSA) is 60.7 Å². The Morgan fingerprint density at radius 1 is 0.706 bits per heavy atom. The van der Waals surface area contributed by atoms with Crippen molar-refractivity contribution in [3.63, 3.8) is 0 Å². The van der Waals surface area contributed by atoms with Crippen LogP contribution in [0.2, 0.25) is 0 Å². The number of hydrogen-bond acceptors (Lipinski definition) is 3. The van der Waals surface area contributed by atoms with E-state index >= 15 is 0 Å². The number of rotatable bonds is 12. The summed E-state index contributed by atoms with van der Waals surface area (Å²) < 4.78 is 0. The number of unbranched alkanes of at least 4 members (excludes halogenated alkanes) is 6. The largest absolute Gasteiger partial charge is 0.396 e. The third-order valence-corrected chi connectivity index (χ3v) is 3.21. The van der Waals surface area contributed by atoms with Gasteiger partial charge >= 0.3 is 0 Å². The van der Waals surface area contributed by atoms with Gasteiger partial charge in [0.15, 0.2) is 0 Å². The first kappa shape index (κ1) is 16.9. The van der Waals surface area contributed by atoms with Crippen molar-refractivity contribution in [1.29, 1.82) is 0 Å². The van der Waals surface area contributed by atoms with Gasteiger partial charge in [-0.3, -0.25) is 0 Å². The summed E-state index contributed by atoms with van der Waals surface area (Å²) in [6, 6.07) is 0. The van der Waals surface area contributed by atoms with Gasteiger partial charge in [0.2, 0.25) is 0 Å². The Morgan fingerprint density at radius 2 is 1.18 bits per heavy atom. The van der Waals surface area contributed by atoms with Gasteiger partial charge in [-0.2, -0.15) is 0 Å². The molecule has 0 aliphatic rings. The molecule has 0 aliphatic heterocycles. The summed E-state index contributed by atoms with van der Waals surface area (Å²) in [7, 11) is 0. The van der Waals surface area contributed by atoms with Crippen molar-refractivity contribution in [2.45, 2.75) is 83.3 Å². The summed E-state index contributed by atoms with van der Waals surface area (Å²) in [4.78, 5) is 0. The molecule has 0 aliphatic carbocycles. The molecule has 0 aromatic carbocycles. The molecule has 104 valence electrons. The molecule has 3 N–H and O–H groups in total. The van der Waals surface area contributed by atoms with E-state index in [1.807, 2.05) is 0 Å². The molecule has 0 aromatic heterocycles. The Morgan fingerprint density at radius 3 is 1.71 bits per heavy atom. The first-order valence-electron chi connectivity index (χ1n) is 7.19. The van der Waals surface area contributed by atoms with Crippen molar-refractivity contribution in [1.82, 2.24) is 0 Å². The fourth-order valence-corrected chi connectivity index (χ4v) is 1.97. The minimum atomic E-state index is -0.543. The standard InChI is InChI=1S/C14H30O3/c1-2-3-10-13(16)14(17)11-8-6-4-5-7-9-12-15/h13-17H,2-12H2,1H3/t13-,14+/m0/s1. The third-order valence-electron chi connectivity index (χ3n) is 3.21. The Bertz CT molecular complexity index is 150. The predicted molar refractivity (Wildman–Crippen MR) is 70.9 cm³/mol. The predicted octanol–water partition coefficient (Wildman–Crippen LogP) is 2.62. The van der Waals surface area contributed by atoms with E-state index in [-0.39, 0.29) is 0 Å².